The maximum Gasteiger partial charge on any atom is 0.242 e. The third-order valence-electron chi connectivity index (χ3n) is 2.50. The second kappa shape index (κ2) is 5.89. The average Bonchev–Trinajstić information content (AvgIpc) is 2.92. The largest absolute Gasteiger partial charge is 0.248 e. The molecule has 20 heavy (non-hydrogen) atoms. The third kappa shape index (κ3) is 3.16. The Labute approximate surface area is 125 Å². The molecule has 5 nitrogen and oxygen atoms in total. The minimum Gasteiger partial charge on any atom is -0.248 e. The second-order valence-corrected chi connectivity index (χ2v) is 6.99. The van der Waals surface area contributed by atoms with Crippen molar-refractivity contribution in [2.24, 2.45) is 0 Å². The van der Waals surface area contributed by atoms with Crippen LogP contribution < -0.4 is 4.72 Å². The van der Waals surface area contributed by atoms with Crippen LogP contribution in [0.15, 0.2) is 34.7 Å². The van der Waals surface area contributed by atoms with Gasteiger partial charge in [-0.05, 0) is 25.1 Å². The standard InChI is InChI=1S/C12H10ClN3O2S2/c1-8(12-15-4-5-19-12)16-20(17,18)11-6-9(7-14)2-3-10(11)13/h2-6,8,16H,1H3. The SMILES string of the molecule is CC(NS(=O)(=O)c1cc(C#N)ccc1Cl)c1nccs1. The summed E-state index contributed by atoms with van der Waals surface area (Å²) in [5, 5.41) is 11.3. The molecule has 1 heterocycles. The number of rotatable bonds is 4. The summed E-state index contributed by atoms with van der Waals surface area (Å²) in [6.07, 6.45) is 1.61. The van der Waals surface area contributed by atoms with Crippen LogP contribution in [0.25, 0.3) is 0 Å². The maximum absolute atomic E-state index is 12.3. The molecule has 0 bridgehead atoms. The molecule has 1 atom stereocenters. The highest BCUT2D eigenvalue weighted by Crippen LogP contribution is 2.25. The van der Waals surface area contributed by atoms with Gasteiger partial charge in [-0.25, -0.2) is 18.1 Å². The Bertz CT molecular complexity index is 752. The minimum atomic E-state index is -3.82. The predicted molar refractivity (Wildman–Crippen MR) is 77.0 cm³/mol. The Morgan fingerprint density at radius 1 is 1.50 bits per heavy atom. The van der Waals surface area contributed by atoms with Gasteiger partial charge < -0.3 is 0 Å². The number of halogens is 1. The van der Waals surface area contributed by atoms with Gasteiger partial charge in [-0.15, -0.1) is 11.3 Å². The van der Waals surface area contributed by atoms with Crippen LogP contribution in [0.2, 0.25) is 5.02 Å². The molecule has 0 fully saturated rings. The van der Waals surface area contributed by atoms with Crippen molar-refractivity contribution >= 4 is 33.0 Å². The van der Waals surface area contributed by atoms with Crippen LogP contribution >= 0.6 is 22.9 Å². The number of thiazole rings is 1. The number of hydrogen-bond donors (Lipinski definition) is 1. The highest BCUT2D eigenvalue weighted by molar-refractivity contribution is 7.89. The van der Waals surface area contributed by atoms with E-state index in [1.807, 2.05) is 6.07 Å². The van der Waals surface area contributed by atoms with Crippen molar-refractivity contribution in [3.05, 3.63) is 45.4 Å². The van der Waals surface area contributed by atoms with E-state index in [-0.39, 0.29) is 15.5 Å². The van der Waals surface area contributed by atoms with E-state index in [9.17, 15) is 8.42 Å². The van der Waals surface area contributed by atoms with Gasteiger partial charge in [0, 0.05) is 11.6 Å². The van der Waals surface area contributed by atoms with E-state index in [4.69, 9.17) is 16.9 Å². The monoisotopic (exact) mass is 327 g/mol. The second-order valence-electron chi connectivity index (χ2n) is 3.97. The zero-order valence-electron chi connectivity index (χ0n) is 10.4. The van der Waals surface area contributed by atoms with E-state index in [0.29, 0.717) is 5.01 Å². The summed E-state index contributed by atoms with van der Waals surface area (Å²) in [7, 11) is -3.82. The Hall–Kier alpha value is -1.46. The van der Waals surface area contributed by atoms with Crippen LogP contribution in [-0.2, 0) is 10.0 Å². The molecule has 0 saturated carbocycles. The number of aromatic nitrogens is 1. The zero-order valence-corrected chi connectivity index (χ0v) is 12.8. The lowest BCUT2D eigenvalue weighted by Crippen LogP contribution is -2.27. The van der Waals surface area contributed by atoms with Crippen molar-refractivity contribution in [2.45, 2.75) is 17.9 Å². The van der Waals surface area contributed by atoms with Gasteiger partial charge in [0.05, 0.1) is 22.7 Å². The molecule has 1 aromatic carbocycles. The van der Waals surface area contributed by atoms with Gasteiger partial charge in [0.2, 0.25) is 10.0 Å². The Morgan fingerprint density at radius 2 is 2.25 bits per heavy atom. The first-order chi connectivity index (χ1) is 9.44. The van der Waals surface area contributed by atoms with Crippen LogP contribution in [-0.4, -0.2) is 13.4 Å². The molecule has 8 heteroatoms. The van der Waals surface area contributed by atoms with E-state index < -0.39 is 16.1 Å². The molecule has 2 aromatic rings. The number of sulfonamides is 1. The highest BCUT2D eigenvalue weighted by atomic mass is 35.5. The van der Waals surface area contributed by atoms with Gasteiger partial charge in [0.25, 0.3) is 0 Å². The lowest BCUT2D eigenvalue weighted by Gasteiger charge is -2.13. The fourth-order valence-corrected chi connectivity index (χ4v) is 4.03. The molecule has 0 amide bonds. The van der Waals surface area contributed by atoms with E-state index in [2.05, 4.69) is 9.71 Å². The number of nitriles is 1. The lowest BCUT2D eigenvalue weighted by atomic mass is 10.2. The first kappa shape index (κ1) is 14.9. The van der Waals surface area contributed by atoms with Gasteiger partial charge >= 0.3 is 0 Å². The minimum absolute atomic E-state index is 0.0721. The van der Waals surface area contributed by atoms with Crippen LogP contribution in [0.1, 0.15) is 23.5 Å². The molecule has 0 aliphatic rings. The normalized spacial score (nSPS) is 12.8. The Balaban J connectivity index is 2.34. The average molecular weight is 328 g/mol. The van der Waals surface area contributed by atoms with Gasteiger partial charge in [-0.3, -0.25) is 0 Å². The molecular weight excluding hydrogens is 318 g/mol. The molecule has 0 radical (unpaired) electrons. The summed E-state index contributed by atoms with van der Waals surface area (Å²) in [5.41, 5.74) is 0.233. The smallest absolute Gasteiger partial charge is 0.242 e. The highest BCUT2D eigenvalue weighted by Gasteiger charge is 2.22. The number of nitrogens with one attached hydrogen (secondary N) is 1. The third-order valence-corrected chi connectivity index (χ3v) is 5.48. The van der Waals surface area contributed by atoms with E-state index >= 15 is 0 Å². The molecule has 1 aromatic heterocycles. The summed E-state index contributed by atoms with van der Waals surface area (Å²) < 4.78 is 27.1. The van der Waals surface area contributed by atoms with Gasteiger partial charge in [-0.2, -0.15) is 5.26 Å². The van der Waals surface area contributed by atoms with Gasteiger partial charge in [0.1, 0.15) is 9.90 Å². The quantitative estimate of drug-likeness (QED) is 0.935. The van der Waals surface area contributed by atoms with Crippen molar-refractivity contribution in [1.29, 1.82) is 5.26 Å². The molecule has 0 aliphatic heterocycles. The summed E-state index contributed by atoms with van der Waals surface area (Å²) >= 11 is 7.26. The molecule has 0 saturated heterocycles. The van der Waals surface area contributed by atoms with E-state index in [1.165, 1.54) is 29.5 Å². The van der Waals surface area contributed by atoms with E-state index in [0.717, 1.165) is 0 Å². The van der Waals surface area contributed by atoms with Crippen molar-refractivity contribution < 1.29 is 8.42 Å². The molecule has 1 N–H and O–H groups in total. The Morgan fingerprint density at radius 3 is 2.85 bits per heavy atom. The van der Waals surface area contributed by atoms with Crippen molar-refractivity contribution in [3.63, 3.8) is 0 Å². The number of benzene rings is 1. The topological polar surface area (TPSA) is 82.9 Å². The van der Waals surface area contributed by atoms with Gasteiger partial charge in [0.15, 0.2) is 0 Å². The zero-order chi connectivity index (χ0) is 14.8. The molecule has 104 valence electrons. The van der Waals surface area contributed by atoms with Crippen LogP contribution in [0.4, 0.5) is 0 Å². The molecule has 0 spiro atoms. The van der Waals surface area contributed by atoms with Crippen LogP contribution in [0.3, 0.4) is 0 Å². The van der Waals surface area contributed by atoms with Crippen molar-refractivity contribution in [2.75, 3.05) is 0 Å². The van der Waals surface area contributed by atoms with Crippen molar-refractivity contribution in [3.8, 4) is 6.07 Å². The fourth-order valence-electron chi connectivity index (χ4n) is 1.57. The van der Waals surface area contributed by atoms with Crippen LogP contribution in [0.5, 0.6) is 0 Å². The van der Waals surface area contributed by atoms with Crippen LogP contribution in [0, 0.1) is 11.3 Å². The first-order valence-electron chi connectivity index (χ1n) is 5.55. The summed E-state index contributed by atoms with van der Waals surface area (Å²) in [6.45, 7) is 1.69. The number of nitrogens with zero attached hydrogens (tertiary/aromatic N) is 2. The van der Waals surface area contributed by atoms with Gasteiger partial charge in [-0.1, -0.05) is 11.6 Å². The molecule has 2 rings (SSSR count). The molecular formula is C12H10ClN3O2S2. The first-order valence-corrected chi connectivity index (χ1v) is 8.29. The Kier molecular flexibility index (Phi) is 4.40. The molecule has 1 unspecified atom stereocenters. The fraction of sp³-hybridized carbons (Fsp3) is 0.167. The molecule has 0 aliphatic carbocycles. The van der Waals surface area contributed by atoms with E-state index in [1.54, 1.807) is 18.5 Å². The van der Waals surface area contributed by atoms with Crippen molar-refractivity contribution in [1.82, 2.24) is 9.71 Å². The number of hydrogen-bond acceptors (Lipinski definition) is 5. The summed E-state index contributed by atoms with van der Waals surface area (Å²) in [6, 6.07) is 5.52. The maximum atomic E-state index is 12.3. The summed E-state index contributed by atoms with van der Waals surface area (Å²) in [4.78, 5) is 3.95. The lowest BCUT2D eigenvalue weighted by molar-refractivity contribution is 0.566. The summed E-state index contributed by atoms with van der Waals surface area (Å²) in [5.74, 6) is 0. The predicted octanol–water partition coefficient (Wildman–Crippen LogP) is 2.71.